The maximum absolute atomic E-state index is 12.0. The van der Waals surface area contributed by atoms with Crippen molar-refractivity contribution < 1.29 is 23.4 Å². The van der Waals surface area contributed by atoms with Gasteiger partial charge in [0.05, 0.1) is 5.92 Å². The highest BCUT2D eigenvalue weighted by Gasteiger charge is 2.31. The van der Waals surface area contributed by atoms with Crippen molar-refractivity contribution >= 4 is 27.9 Å². The Kier molecular flexibility index (Phi) is 7.82. The van der Waals surface area contributed by atoms with Gasteiger partial charge in [0.1, 0.15) is 0 Å². The van der Waals surface area contributed by atoms with Gasteiger partial charge in [0.15, 0.2) is 0 Å². The number of carboxylic acids is 1. The minimum absolute atomic E-state index is 0.0440. The van der Waals surface area contributed by atoms with E-state index < -0.39 is 22.1 Å². The summed E-state index contributed by atoms with van der Waals surface area (Å²) in [6.07, 6.45) is 1.80. The van der Waals surface area contributed by atoms with E-state index in [1.165, 1.54) is 4.31 Å². The molecule has 1 saturated heterocycles. The molecule has 1 heterocycles. The molecule has 0 aromatic carbocycles. The highest BCUT2D eigenvalue weighted by atomic mass is 32.2. The van der Waals surface area contributed by atoms with Crippen LogP contribution >= 0.6 is 11.8 Å². The largest absolute Gasteiger partial charge is 0.481 e. The number of aliphatic hydroxyl groups excluding tert-OH is 1. The average Bonchev–Trinajstić information content (AvgIpc) is 2.43. The summed E-state index contributed by atoms with van der Waals surface area (Å²) in [7, 11) is -3.59. The summed E-state index contributed by atoms with van der Waals surface area (Å²) in [4.78, 5) is 10.9. The number of thioether (sulfide) groups is 1. The van der Waals surface area contributed by atoms with Gasteiger partial charge in [-0.3, -0.25) is 4.79 Å². The Morgan fingerprint density at radius 1 is 1.40 bits per heavy atom. The first-order valence-electron chi connectivity index (χ1n) is 6.63. The van der Waals surface area contributed by atoms with E-state index in [-0.39, 0.29) is 13.2 Å². The van der Waals surface area contributed by atoms with E-state index in [1.54, 1.807) is 11.8 Å². The number of aliphatic carboxylic acids is 1. The van der Waals surface area contributed by atoms with Gasteiger partial charge in [0, 0.05) is 32.0 Å². The summed E-state index contributed by atoms with van der Waals surface area (Å²) in [5.74, 6) is -0.123. The molecule has 3 N–H and O–H groups in total. The smallest absolute Gasteiger partial charge is 0.307 e. The van der Waals surface area contributed by atoms with Crippen LogP contribution in [-0.4, -0.2) is 66.7 Å². The van der Waals surface area contributed by atoms with Crippen molar-refractivity contribution in [3.8, 4) is 0 Å². The molecule has 1 fully saturated rings. The number of aliphatic hydroxyl groups is 1. The summed E-state index contributed by atoms with van der Waals surface area (Å²) in [5.41, 5.74) is 0. The summed E-state index contributed by atoms with van der Waals surface area (Å²) in [6.45, 7) is 0.870. The van der Waals surface area contributed by atoms with Crippen LogP contribution in [0.25, 0.3) is 0 Å². The molecule has 1 atom stereocenters. The number of nitrogens with one attached hydrogen (secondary N) is 1. The summed E-state index contributed by atoms with van der Waals surface area (Å²) < 4.78 is 27.7. The van der Waals surface area contributed by atoms with Gasteiger partial charge in [-0.05, 0) is 25.0 Å². The lowest BCUT2D eigenvalue weighted by Gasteiger charge is -2.29. The molecule has 1 aliphatic heterocycles. The van der Waals surface area contributed by atoms with Crippen LogP contribution in [-0.2, 0) is 15.0 Å². The van der Waals surface area contributed by atoms with Crippen LogP contribution in [0.5, 0.6) is 0 Å². The standard InChI is InChI=1S/C11H22N2O5S2/c14-6-2-7-19-8-4-12-20(17,18)13-5-1-3-10(9-13)11(15)16/h10,12,14H,1-9H2,(H,15,16). The van der Waals surface area contributed by atoms with Gasteiger partial charge in [-0.2, -0.15) is 24.5 Å². The monoisotopic (exact) mass is 326 g/mol. The Bertz CT molecular complexity index is 402. The molecule has 9 heteroatoms. The quantitative estimate of drug-likeness (QED) is 0.504. The first-order chi connectivity index (χ1) is 9.47. The second kappa shape index (κ2) is 8.83. The topological polar surface area (TPSA) is 107 Å². The molecule has 7 nitrogen and oxygen atoms in total. The van der Waals surface area contributed by atoms with Gasteiger partial charge in [0.2, 0.25) is 0 Å². The predicted molar refractivity (Wildman–Crippen MR) is 77.9 cm³/mol. The fourth-order valence-electron chi connectivity index (χ4n) is 1.97. The lowest BCUT2D eigenvalue weighted by atomic mass is 10.0. The first kappa shape index (κ1) is 17.7. The Labute approximate surface area is 123 Å². The Hall–Kier alpha value is -0.350. The number of piperidine rings is 1. The van der Waals surface area contributed by atoms with E-state index in [1.807, 2.05) is 0 Å². The van der Waals surface area contributed by atoms with Crippen molar-refractivity contribution in [1.82, 2.24) is 9.03 Å². The average molecular weight is 326 g/mol. The number of hydrogen-bond acceptors (Lipinski definition) is 5. The normalized spacial score (nSPS) is 20.9. The first-order valence-corrected chi connectivity index (χ1v) is 9.23. The van der Waals surface area contributed by atoms with E-state index in [0.29, 0.717) is 38.1 Å². The Morgan fingerprint density at radius 3 is 2.80 bits per heavy atom. The molecule has 0 aromatic rings. The SMILES string of the molecule is O=C(O)C1CCCN(S(=O)(=O)NCCSCCCO)C1. The fraction of sp³-hybridized carbons (Fsp3) is 0.909. The molecule has 1 aliphatic rings. The highest BCUT2D eigenvalue weighted by Crippen LogP contribution is 2.18. The maximum Gasteiger partial charge on any atom is 0.307 e. The molecule has 0 saturated carbocycles. The predicted octanol–water partition coefficient (Wildman–Crippen LogP) is -0.267. The van der Waals surface area contributed by atoms with Crippen LogP contribution < -0.4 is 4.72 Å². The van der Waals surface area contributed by atoms with Gasteiger partial charge in [-0.25, -0.2) is 4.72 Å². The Balaban J connectivity index is 2.34. The van der Waals surface area contributed by atoms with Crippen molar-refractivity contribution in [3.05, 3.63) is 0 Å². The Morgan fingerprint density at radius 2 is 2.15 bits per heavy atom. The lowest BCUT2D eigenvalue weighted by molar-refractivity contribution is -0.142. The third-order valence-electron chi connectivity index (χ3n) is 3.05. The van der Waals surface area contributed by atoms with Crippen molar-refractivity contribution in [3.63, 3.8) is 0 Å². The molecule has 0 amide bonds. The van der Waals surface area contributed by atoms with Gasteiger partial charge in [-0.1, -0.05) is 0 Å². The zero-order valence-corrected chi connectivity index (χ0v) is 13.0. The molecule has 1 rings (SSSR count). The van der Waals surface area contributed by atoms with Crippen molar-refractivity contribution in [2.45, 2.75) is 19.3 Å². The molecular weight excluding hydrogens is 304 g/mol. The molecule has 0 spiro atoms. The molecule has 20 heavy (non-hydrogen) atoms. The number of carbonyl (C=O) groups is 1. The zero-order valence-electron chi connectivity index (χ0n) is 11.3. The number of nitrogens with zero attached hydrogens (tertiary/aromatic N) is 1. The van der Waals surface area contributed by atoms with Gasteiger partial charge < -0.3 is 10.2 Å². The van der Waals surface area contributed by atoms with Crippen molar-refractivity contribution in [1.29, 1.82) is 0 Å². The van der Waals surface area contributed by atoms with E-state index >= 15 is 0 Å². The third-order valence-corrected chi connectivity index (χ3v) is 5.70. The van der Waals surface area contributed by atoms with Crippen LogP contribution in [0, 0.1) is 5.92 Å². The molecule has 0 aliphatic carbocycles. The second-order valence-electron chi connectivity index (χ2n) is 4.62. The van der Waals surface area contributed by atoms with Gasteiger partial charge in [-0.15, -0.1) is 0 Å². The van der Waals surface area contributed by atoms with Crippen molar-refractivity contribution in [2.75, 3.05) is 37.7 Å². The third kappa shape index (κ3) is 5.96. The summed E-state index contributed by atoms with van der Waals surface area (Å²) >= 11 is 1.57. The number of rotatable bonds is 9. The minimum atomic E-state index is -3.59. The number of hydrogen-bond donors (Lipinski definition) is 3. The number of carboxylic acid groups (broad SMARTS) is 1. The summed E-state index contributed by atoms with van der Waals surface area (Å²) in [6, 6.07) is 0. The van der Waals surface area contributed by atoms with E-state index in [4.69, 9.17) is 10.2 Å². The van der Waals surface area contributed by atoms with E-state index in [0.717, 1.165) is 5.75 Å². The highest BCUT2D eigenvalue weighted by molar-refractivity contribution is 7.99. The minimum Gasteiger partial charge on any atom is -0.481 e. The molecule has 0 radical (unpaired) electrons. The van der Waals surface area contributed by atoms with Gasteiger partial charge >= 0.3 is 5.97 Å². The van der Waals surface area contributed by atoms with Crippen LogP contribution in [0.1, 0.15) is 19.3 Å². The van der Waals surface area contributed by atoms with E-state index in [2.05, 4.69) is 4.72 Å². The second-order valence-corrected chi connectivity index (χ2v) is 7.60. The van der Waals surface area contributed by atoms with E-state index in [9.17, 15) is 13.2 Å². The summed E-state index contributed by atoms with van der Waals surface area (Å²) in [5, 5.41) is 17.6. The molecule has 1 unspecified atom stereocenters. The van der Waals surface area contributed by atoms with Crippen molar-refractivity contribution in [2.24, 2.45) is 5.92 Å². The lowest BCUT2D eigenvalue weighted by Crippen LogP contribution is -2.47. The van der Waals surface area contributed by atoms with Crippen LogP contribution in [0.3, 0.4) is 0 Å². The molecular formula is C11H22N2O5S2. The molecule has 0 aromatic heterocycles. The fourth-order valence-corrected chi connectivity index (χ4v) is 4.17. The molecule has 0 bridgehead atoms. The van der Waals surface area contributed by atoms with Crippen LogP contribution in [0.4, 0.5) is 0 Å². The molecule has 118 valence electrons. The van der Waals surface area contributed by atoms with Crippen LogP contribution in [0.2, 0.25) is 0 Å². The maximum atomic E-state index is 12.0. The van der Waals surface area contributed by atoms with Gasteiger partial charge in [0.25, 0.3) is 10.2 Å². The van der Waals surface area contributed by atoms with Crippen LogP contribution in [0.15, 0.2) is 0 Å². The zero-order chi connectivity index (χ0) is 15.0.